The average molecular weight is 397 g/mol. The number of anilines is 1. The Morgan fingerprint density at radius 3 is 2.48 bits per heavy atom. The lowest BCUT2D eigenvalue weighted by Crippen LogP contribution is -2.61. The van der Waals surface area contributed by atoms with Crippen LogP contribution in [-0.4, -0.2) is 42.6 Å². The van der Waals surface area contributed by atoms with Gasteiger partial charge in [-0.1, -0.05) is 38.1 Å². The van der Waals surface area contributed by atoms with E-state index in [1.54, 1.807) is 17.0 Å². The molecule has 0 aliphatic carbocycles. The zero-order chi connectivity index (χ0) is 20.4. The second kappa shape index (κ2) is 8.25. The first-order valence-electron chi connectivity index (χ1n) is 10.5. The Balaban J connectivity index is 1.46. The number of carbonyl (C=O) groups is 1. The van der Waals surface area contributed by atoms with Crippen LogP contribution in [0, 0.1) is 5.82 Å². The lowest BCUT2D eigenvalue weighted by atomic mass is 9.90. The van der Waals surface area contributed by atoms with E-state index in [4.69, 9.17) is 4.74 Å². The summed E-state index contributed by atoms with van der Waals surface area (Å²) in [5.41, 5.74) is 3.03. The molecule has 0 N–H and O–H groups in total. The molecular formula is C24H29FN2O2. The molecular weight excluding hydrogens is 367 g/mol. The zero-order valence-corrected chi connectivity index (χ0v) is 17.2. The van der Waals surface area contributed by atoms with Gasteiger partial charge >= 0.3 is 0 Å². The van der Waals surface area contributed by atoms with Gasteiger partial charge in [-0.2, -0.15) is 0 Å². The summed E-state index contributed by atoms with van der Waals surface area (Å²) in [5, 5.41) is 0. The highest BCUT2D eigenvalue weighted by Gasteiger charge is 2.43. The number of nitrogens with zero attached hydrogens (tertiary/aromatic N) is 2. The van der Waals surface area contributed by atoms with Crippen molar-refractivity contribution in [1.82, 2.24) is 4.90 Å². The van der Waals surface area contributed by atoms with Gasteiger partial charge in [0.15, 0.2) is 0 Å². The number of morpholine rings is 1. The lowest BCUT2D eigenvalue weighted by molar-refractivity contribution is -0.146. The minimum absolute atomic E-state index is 0.0661. The van der Waals surface area contributed by atoms with Crippen LogP contribution in [0.4, 0.5) is 10.1 Å². The Hall–Kier alpha value is -2.24. The van der Waals surface area contributed by atoms with Gasteiger partial charge in [-0.15, -0.1) is 0 Å². The fourth-order valence-electron chi connectivity index (χ4n) is 4.41. The molecule has 4 rings (SSSR count). The summed E-state index contributed by atoms with van der Waals surface area (Å²) in [6, 6.07) is 15.0. The van der Waals surface area contributed by atoms with E-state index in [0.717, 1.165) is 38.2 Å². The number of hydrogen-bond acceptors (Lipinski definition) is 3. The van der Waals surface area contributed by atoms with Crippen LogP contribution < -0.4 is 4.90 Å². The van der Waals surface area contributed by atoms with E-state index in [1.165, 1.54) is 23.3 Å². The molecule has 0 bridgehead atoms. The quantitative estimate of drug-likeness (QED) is 0.770. The Morgan fingerprint density at radius 1 is 1.07 bits per heavy atom. The molecule has 2 aromatic carbocycles. The van der Waals surface area contributed by atoms with Gasteiger partial charge in [0.1, 0.15) is 12.4 Å². The molecule has 0 aromatic heterocycles. The van der Waals surface area contributed by atoms with Crippen LogP contribution >= 0.6 is 0 Å². The van der Waals surface area contributed by atoms with Crippen molar-refractivity contribution in [2.24, 2.45) is 0 Å². The SMILES string of the molecule is CC(C)c1ccc(CN2CCCC3(C2)CN(c2ccc(F)cc2)C(=O)CO3)cc1. The molecule has 2 fully saturated rings. The van der Waals surface area contributed by atoms with Crippen LogP contribution in [-0.2, 0) is 16.1 Å². The summed E-state index contributed by atoms with van der Waals surface area (Å²) < 4.78 is 19.4. The molecule has 1 unspecified atom stereocenters. The maximum atomic E-state index is 13.3. The van der Waals surface area contributed by atoms with E-state index in [2.05, 4.69) is 43.0 Å². The summed E-state index contributed by atoms with van der Waals surface area (Å²) >= 11 is 0. The number of benzene rings is 2. The first kappa shape index (κ1) is 20.0. The van der Waals surface area contributed by atoms with Gasteiger partial charge < -0.3 is 9.64 Å². The molecule has 4 nitrogen and oxygen atoms in total. The van der Waals surface area contributed by atoms with Crippen molar-refractivity contribution < 1.29 is 13.9 Å². The number of hydrogen-bond donors (Lipinski definition) is 0. The molecule has 2 aliphatic rings. The standard InChI is InChI=1S/C24H29FN2O2/c1-18(2)20-6-4-19(5-7-20)14-26-13-3-12-24(16-26)17-27(23(28)15-29-24)22-10-8-21(25)9-11-22/h4-11,18H,3,12-17H2,1-2H3. The molecule has 5 heteroatoms. The number of halogens is 1. The predicted molar refractivity (Wildman–Crippen MR) is 112 cm³/mol. The maximum absolute atomic E-state index is 13.3. The van der Waals surface area contributed by atoms with E-state index < -0.39 is 0 Å². The number of amides is 1. The van der Waals surface area contributed by atoms with E-state index in [1.807, 2.05) is 0 Å². The number of carbonyl (C=O) groups excluding carboxylic acids is 1. The molecule has 1 amide bonds. The van der Waals surface area contributed by atoms with Crippen molar-refractivity contribution in [3.63, 3.8) is 0 Å². The minimum Gasteiger partial charge on any atom is -0.362 e. The van der Waals surface area contributed by atoms with Gasteiger partial charge in [0.05, 0.1) is 12.1 Å². The van der Waals surface area contributed by atoms with Gasteiger partial charge in [0.2, 0.25) is 0 Å². The van der Waals surface area contributed by atoms with Crippen LogP contribution in [0.2, 0.25) is 0 Å². The molecule has 2 aromatic rings. The van der Waals surface area contributed by atoms with Gasteiger partial charge in [-0.3, -0.25) is 9.69 Å². The fraction of sp³-hybridized carbons (Fsp3) is 0.458. The van der Waals surface area contributed by atoms with Crippen molar-refractivity contribution in [3.8, 4) is 0 Å². The van der Waals surface area contributed by atoms with Crippen molar-refractivity contribution in [2.75, 3.05) is 31.1 Å². The van der Waals surface area contributed by atoms with E-state index in [0.29, 0.717) is 12.5 Å². The summed E-state index contributed by atoms with van der Waals surface area (Å²) in [7, 11) is 0. The smallest absolute Gasteiger partial charge is 0.253 e. The highest BCUT2D eigenvalue weighted by molar-refractivity contribution is 5.95. The van der Waals surface area contributed by atoms with Crippen LogP contribution in [0.5, 0.6) is 0 Å². The monoisotopic (exact) mass is 396 g/mol. The maximum Gasteiger partial charge on any atom is 0.253 e. The first-order valence-corrected chi connectivity index (χ1v) is 10.5. The number of rotatable bonds is 4. The molecule has 2 heterocycles. The summed E-state index contributed by atoms with van der Waals surface area (Å²) in [4.78, 5) is 16.6. The summed E-state index contributed by atoms with van der Waals surface area (Å²) in [6.45, 7) is 7.71. The topological polar surface area (TPSA) is 32.8 Å². The summed E-state index contributed by atoms with van der Waals surface area (Å²) in [5.74, 6) is 0.174. The Bertz CT molecular complexity index is 850. The fourth-order valence-corrected chi connectivity index (χ4v) is 4.41. The third kappa shape index (κ3) is 4.51. The van der Waals surface area contributed by atoms with Crippen LogP contribution in [0.25, 0.3) is 0 Å². The molecule has 29 heavy (non-hydrogen) atoms. The van der Waals surface area contributed by atoms with Crippen LogP contribution in [0.1, 0.15) is 43.7 Å². The van der Waals surface area contributed by atoms with Crippen LogP contribution in [0.3, 0.4) is 0 Å². The Labute approximate surface area is 172 Å². The number of likely N-dealkylation sites (tertiary alicyclic amines) is 1. The Morgan fingerprint density at radius 2 is 1.79 bits per heavy atom. The van der Waals surface area contributed by atoms with E-state index in [9.17, 15) is 9.18 Å². The molecule has 1 atom stereocenters. The van der Waals surface area contributed by atoms with Crippen molar-refractivity contribution in [3.05, 3.63) is 65.5 Å². The molecule has 154 valence electrons. The van der Waals surface area contributed by atoms with Crippen molar-refractivity contribution >= 4 is 11.6 Å². The molecule has 1 spiro atoms. The molecule has 0 radical (unpaired) electrons. The highest BCUT2D eigenvalue weighted by atomic mass is 19.1. The van der Waals surface area contributed by atoms with E-state index >= 15 is 0 Å². The molecule has 0 saturated carbocycles. The third-order valence-electron chi connectivity index (χ3n) is 6.06. The van der Waals surface area contributed by atoms with Crippen molar-refractivity contribution in [1.29, 1.82) is 0 Å². The largest absolute Gasteiger partial charge is 0.362 e. The summed E-state index contributed by atoms with van der Waals surface area (Å²) in [6.07, 6.45) is 1.97. The zero-order valence-electron chi connectivity index (χ0n) is 17.2. The molecule has 2 aliphatic heterocycles. The third-order valence-corrected chi connectivity index (χ3v) is 6.06. The second-order valence-corrected chi connectivity index (χ2v) is 8.64. The minimum atomic E-state index is -0.363. The van der Waals surface area contributed by atoms with Gasteiger partial charge in [-0.05, 0) is 60.7 Å². The molecule has 2 saturated heterocycles. The van der Waals surface area contributed by atoms with Gasteiger partial charge in [0.25, 0.3) is 5.91 Å². The highest BCUT2D eigenvalue weighted by Crippen LogP contribution is 2.32. The second-order valence-electron chi connectivity index (χ2n) is 8.64. The van der Waals surface area contributed by atoms with Gasteiger partial charge in [-0.25, -0.2) is 4.39 Å². The number of ether oxygens (including phenoxy) is 1. The first-order chi connectivity index (χ1) is 13.9. The number of piperidine rings is 1. The normalized spacial score (nSPS) is 23.2. The van der Waals surface area contributed by atoms with Gasteiger partial charge in [0, 0.05) is 18.8 Å². The lowest BCUT2D eigenvalue weighted by Gasteiger charge is -2.47. The van der Waals surface area contributed by atoms with E-state index in [-0.39, 0.29) is 23.9 Å². The Kier molecular flexibility index (Phi) is 5.70. The van der Waals surface area contributed by atoms with Crippen molar-refractivity contribution in [2.45, 2.75) is 44.8 Å². The van der Waals surface area contributed by atoms with Crippen LogP contribution in [0.15, 0.2) is 48.5 Å². The average Bonchev–Trinajstić information content (AvgIpc) is 2.71. The predicted octanol–water partition coefficient (Wildman–Crippen LogP) is 4.35.